The van der Waals surface area contributed by atoms with E-state index in [4.69, 9.17) is 5.11 Å². The van der Waals surface area contributed by atoms with Gasteiger partial charge in [-0.05, 0) is 32.1 Å². The zero-order chi connectivity index (χ0) is 14.9. The van der Waals surface area contributed by atoms with Gasteiger partial charge in [-0.2, -0.15) is 0 Å². The number of hydrogen-bond acceptors (Lipinski definition) is 2. The summed E-state index contributed by atoms with van der Waals surface area (Å²) in [5, 5.41) is 8.51. The van der Waals surface area contributed by atoms with Crippen LogP contribution in [0, 0.1) is 0 Å². The first-order valence-electron chi connectivity index (χ1n) is 8.64. The van der Waals surface area contributed by atoms with Gasteiger partial charge in [-0.1, -0.05) is 70.4 Å². The second-order valence-corrected chi connectivity index (χ2v) is 5.73. The monoisotopic (exact) mass is 494 g/mol. The van der Waals surface area contributed by atoms with Crippen LogP contribution < -0.4 is 6.15 Å². The maximum absolute atomic E-state index is 10.3. The summed E-state index contributed by atoms with van der Waals surface area (Å²) >= 11 is 0. The Morgan fingerprint density at radius 2 is 1.18 bits per heavy atom. The van der Waals surface area contributed by atoms with E-state index in [1.54, 1.807) is 0 Å². The van der Waals surface area contributed by atoms with Crippen LogP contribution >= 0.6 is 0 Å². The maximum atomic E-state index is 10.3. The zero-order valence-corrected chi connectivity index (χ0v) is 16.7. The molecule has 4 N–H and O–H groups in total. The molecule has 0 fully saturated rings. The average molecular weight is 495 g/mol. The van der Waals surface area contributed by atoms with Gasteiger partial charge in [0.1, 0.15) is 0 Å². The van der Waals surface area contributed by atoms with E-state index >= 15 is 0 Å². The molecule has 0 bridgehead atoms. The number of rotatable bonds is 15. The van der Waals surface area contributed by atoms with Crippen molar-refractivity contribution in [3.63, 3.8) is 0 Å². The summed E-state index contributed by atoms with van der Waals surface area (Å²) in [4.78, 5) is 10.3. The summed E-state index contributed by atoms with van der Waals surface area (Å²) in [7, 11) is 0. The van der Waals surface area contributed by atoms with Crippen molar-refractivity contribution in [3.05, 3.63) is 12.2 Å². The molecule has 0 atom stereocenters. The molecule has 0 heterocycles. The molecule has 0 aliphatic rings. The van der Waals surface area contributed by atoms with E-state index in [0.717, 1.165) is 12.8 Å². The number of carboxylic acid groups (broad SMARTS) is 1. The van der Waals surface area contributed by atoms with Gasteiger partial charge in [0, 0.05) is 27.5 Å². The van der Waals surface area contributed by atoms with E-state index in [1.807, 2.05) is 0 Å². The zero-order valence-electron chi connectivity index (χ0n) is 14.4. The molecule has 0 unspecified atom stereocenters. The van der Waals surface area contributed by atoms with Crippen LogP contribution in [0.2, 0.25) is 0 Å². The Morgan fingerprint density at radius 1 is 0.773 bits per heavy atom. The Bertz CT molecular complexity index is 245. The van der Waals surface area contributed by atoms with Crippen LogP contribution in [-0.4, -0.2) is 11.1 Å². The van der Waals surface area contributed by atoms with Crippen molar-refractivity contribution in [2.45, 2.75) is 96.8 Å². The summed E-state index contributed by atoms with van der Waals surface area (Å²) < 4.78 is 0. The van der Waals surface area contributed by atoms with E-state index in [2.05, 4.69) is 19.1 Å². The quantitative estimate of drug-likeness (QED) is 0.208. The molecule has 4 heteroatoms. The summed E-state index contributed by atoms with van der Waals surface area (Å²) in [5.41, 5.74) is 0. The second-order valence-electron chi connectivity index (χ2n) is 5.73. The second kappa shape index (κ2) is 23.1. The van der Waals surface area contributed by atoms with Gasteiger partial charge in [-0.3, -0.25) is 4.79 Å². The number of allylic oxidation sites excluding steroid dienone is 2. The summed E-state index contributed by atoms with van der Waals surface area (Å²) in [6.07, 6.45) is 21.2. The molecule has 0 amide bonds. The smallest absolute Gasteiger partial charge is 0.303 e. The molecule has 0 saturated heterocycles. The van der Waals surface area contributed by atoms with Crippen LogP contribution in [0.1, 0.15) is 96.8 Å². The van der Waals surface area contributed by atoms with E-state index in [9.17, 15) is 4.79 Å². The number of carbonyl (C=O) groups is 1. The number of hydrogen-bond donors (Lipinski definition) is 2. The number of carboxylic acids is 1. The molecule has 0 aromatic carbocycles. The molecule has 0 aliphatic carbocycles. The molecule has 0 radical (unpaired) electrons. The average Bonchev–Trinajstić information content (AvgIpc) is 2.43. The predicted octanol–water partition coefficient (Wildman–Crippen LogP) is 6.27. The van der Waals surface area contributed by atoms with Crippen LogP contribution in [0.25, 0.3) is 0 Å². The normalized spacial score (nSPS) is 10.2. The Kier molecular flexibility index (Phi) is 28.1. The largest absolute Gasteiger partial charge is 0.481 e. The fourth-order valence-corrected chi connectivity index (χ4v) is 2.35. The Labute approximate surface area is 152 Å². The molecular weight excluding hydrogens is 457 g/mol. The Balaban J connectivity index is -0.00000180. The van der Waals surface area contributed by atoms with Crippen LogP contribution in [-0.2, 0) is 25.9 Å². The summed E-state index contributed by atoms with van der Waals surface area (Å²) in [5.74, 6) is -0.664. The third kappa shape index (κ3) is 24.8. The van der Waals surface area contributed by atoms with E-state index < -0.39 is 5.97 Å². The van der Waals surface area contributed by atoms with E-state index in [1.165, 1.54) is 70.6 Å². The Hall–Kier alpha value is -0.142. The third-order valence-electron chi connectivity index (χ3n) is 3.65. The molecule has 0 saturated carbocycles. The first-order chi connectivity index (χ1) is 9.77. The minimum atomic E-state index is -0.664. The Morgan fingerprint density at radius 3 is 1.64 bits per heavy atom. The molecule has 0 aliphatic heterocycles. The molecule has 0 rings (SSSR count). The van der Waals surface area contributed by atoms with Crippen LogP contribution in [0.4, 0.5) is 0 Å². The summed E-state index contributed by atoms with van der Waals surface area (Å²) in [6, 6.07) is 0. The van der Waals surface area contributed by atoms with Crippen molar-refractivity contribution >= 4 is 5.97 Å². The first-order valence-corrected chi connectivity index (χ1v) is 8.64. The number of unbranched alkanes of at least 4 members (excludes halogenated alkanes) is 11. The molecule has 0 aromatic heterocycles. The molecular formula is C18H37NO2Pt. The summed E-state index contributed by atoms with van der Waals surface area (Å²) in [6.45, 7) is 2.26. The van der Waals surface area contributed by atoms with E-state index in [-0.39, 0.29) is 27.2 Å². The van der Waals surface area contributed by atoms with Crippen molar-refractivity contribution in [2.75, 3.05) is 0 Å². The molecule has 3 nitrogen and oxygen atoms in total. The topological polar surface area (TPSA) is 72.3 Å². The fourth-order valence-electron chi connectivity index (χ4n) is 2.35. The van der Waals surface area contributed by atoms with Crippen molar-refractivity contribution < 1.29 is 31.0 Å². The van der Waals surface area contributed by atoms with Crippen molar-refractivity contribution in [3.8, 4) is 0 Å². The van der Waals surface area contributed by atoms with Crippen LogP contribution in [0.3, 0.4) is 0 Å². The van der Waals surface area contributed by atoms with Crippen molar-refractivity contribution in [1.82, 2.24) is 6.15 Å². The molecule has 0 aromatic rings. The predicted molar refractivity (Wildman–Crippen MR) is 92.1 cm³/mol. The number of aliphatic carboxylic acids is 1. The molecule has 136 valence electrons. The van der Waals surface area contributed by atoms with E-state index in [0.29, 0.717) is 6.42 Å². The van der Waals surface area contributed by atoms with Gasteiger partial charge < -0.3 is 11.3 Å². The van der Waals surface area contributed by atoms with Crippen molar-refractivity contribution in [2.24, 2.45) is 0 Å². The van der Waals surface area contributed by atoms with Gasteiger partial charge >= 0.3 is 5.97 Å². The first kappa shape index (κ1) is 26.7. The van der Waals surface area contributed by atoms with Gasteiger partial charge in [0.15, 0.2) is 0 Å². The maximum Gasteiger partial charge on any atom is 0.303 e. The van der Waals surface area contributed by atoms with Gasteiger partial charge in [0.25, 0.3) is 0 Å². The minimum absolute atomic E-state index is 0. The molecule has 0 spiro atoms. The van der Waals surface area contributed by atoms with Gasteiger partial charge in [0.2, 0.25) is 0 Å². The molecule has 22 heavy (non-hydrogen) atoms. The van der Waals surface area contributed by atoms with Gasteiger partial charge in [-0.15, -0.1) is 0 Å². The van der Waals surface area contributed by atoms with Crippen LogP contribution in [0.15, 0.2) is 12.2 Å². The van der Waals surface area contributed by atoms with Crippen molar-refractivity contribution in [1.29, 1.82) is 0 Å². The van der Waals surface area contributed by atoms with Crippen LogP contribution in [0.5, 0.6) is 0 Å². The van der Waals surface area contributed by atoms with Gasteiger partial charge in [0.05, 0.1) is 0 Å². The third-order valence-corrected chi connectivity index (χ3v) is 3.65. The van der Waals surface area contributed by atoms with Gasteiger partial charge in [-0.25, -0.2) is 0 Å². The fraction of sp³-hybridized carbons (Fsp3) is 0.833. The SMILES string of the molecule is CCCCCCCC/C=C\CCCCCCCC(=O)O.N.[Pt]. The minimum Gasteiger partial charge on any atom is -0.481 e. The standard InChI is InChI=1S/C18H34O2.H3N.Pt/c1-2-3-4-5-6-7-8-9-10-11-12-13-14-15-16-17-18(19)20;;/h9-10H,2-8,11-17H2,1H3,(H,19,20);1H3;/b10-9-;;.